The smallest absolute Gasteiger partial charge is 0.146 e. The van der Waals surface area contributed by atoms with Crippen LogP contribution in [0.5, 0.6) is 11.5 Å². The molecule has 0 radical (unpaired) electrons. The Bertz CT molecular complexity index is 1060. The van der Waals surface area contributed by atoms with Crippen LogP contribution in [0.15, 0.2) is 79.1 Å². The summed E-state index contributed by atoms with van der Waals surface area (Å²) in [6.45, 7) is 2.53. The maximum Gasteiger partial charge on any atom is 0.146 e. The number of phenolic OH excluding ortho intramolecular Hbond substituents is 1. The Morgan fingerprint density at radius 1 is 0.852 bits per heavy atom. The zero-order valence-electron chi connectivity index (χ0n) is 15.0. The SMILES string of the molecule is CCOc1ccccc1C(c1ccccn1)c1ccc2cccnc2c1O. The molecule has 0 fully saturated rings. The molecule has 2 aromatic carbocycles. The first-order valence-electron chi connectivity index (χ1n) is 8.99. The van der Waals surface area contributed by atoms with Gasteiger partial charge in [-0.05, 0) is 31.2 Å². The molecule has 1 unspecified atom stereocenters. The van der Waals surface area contributed by atoms with Crippen molar-refractivity contribution < 1.29 is 9.84 Å². The van der Waals surface area contributed by atoms with Crippen molar-refractivity contribution in [1.29, 1.82) is 0 Å². The molecule has 1 atom stereocenters. The molecule has 134 valence electrons. The van der Waals surface area contributed by atoms with Gasteiger partial charge in [-0.3, -0.25) is 9.97 Å². The van der Waals surface area contributed by atoms with Crippen LogP contribution in [0.25, 0.3) is 10.9 Å². The number of pyridine rings is 2. The number of hydrogen-bond donors (Lipinski definition) is 1. The van der Waals surface area contributed by atoms with E-state index in [-0.39, 0.29) is 11.7 Å². The Balaban J connectivity index is 1.97. The fourth-order valence-electron chi connectivity index (χ4n) is 3.42. The highest BCUT2D eigenvalue weighted by Crippen LogP contribution is 2.41. The zero-order valence-corrected chi connectivity index (χ0v) is 15.0. The maximum atomic E-state index is 11.0. The predicted molar refractivity (Wildman–Crippen MR) is 106 cm³/mol. The minimum absolute atomic E-state index is 0.176. The number of para-hydroxylation sites is 1. The second-order valence-electron chi connectivity index (χ2n) is 6.24. The molecular weight excluding hydrogens is 336 g/mol. The molecule has 4 aromatic rings. The van der Waals surface area contributed by atoms with E-state index < -0.39 is 0 Å². The predicted octanol–water partition coefficient (Wildman–Crippen LogP) is 4.91. The first-order valence-corrected chi connectivity index (χ1v) is 8.99. The summed E-state index contributed by atoms with van der Waals surface area (Å²) in [5.74, 6) is 0.701. The van der Waals surface area contributed by atoms with Crippen molar-refractivity contribution in [2.24, 2.45) is 0 Å². The van der Waals surface area contributed by atoms with Crippen LogP contribution >= 0.6 is 0 Å². The Kier molecular flexibility index (Phi) is 4.71. The van der Waals surface area contributed by atoms with E-state index in [1.807, 2.05) is 73.7 Å². The third kappa shape index (κ3) is 3.22. The van der Waals surface area contributed by atoms with Gasteiger partial charge in [0.2, 0.25) is 0 Å². The van der Waals surface area contributed by atoms with Crippen LogP contribution in [0.1, 0.15) is 29.7 Å². The fourth-order valence-corrected chi connectivity index (χ4v) is 3.42. The number of aromatic hydroxyl groups is 1. The van der Waals surface area contributed by atoms with E-state index in [4.69, 9.17) is 4.74 Å². The quantitative estimate of drug-likeness (QED) is 0.552. The third-order valence-corrected chi connectivity index (χ3v) is 4.60. The molecule has 4 nitrogen and oxygen atoms in total. The van der Waals surface area contributed by atoms with Gasteiger partial charge in [0.05, 0.1) is 18.2 Å². The third-order valence-electron chi connectivity index (χ3n) is 4.60. The number of rotatable bonds is 5. The summed E-state index contributed by atoms with van der Waals surface area (Å²) in [5.41, 5.74) is 3.15. The topological polar surface area (TPSA) is 55.2 Å². The van der Waals surface area contributed by atoms with E-state index >= 15 is 0 Å². The molecule has 0 spiro atoms. The van der Waals surface area contributed by atoms with Gasteiger partial charge in [-0.15, -0.1) is 0 Å². The number of ether oxygens (including phenoxy) is 1. The van der Waals surface area contributed by atoms with Gasteiger partial charge in [0.1, 0.15) is 17.0 Å². The average molecular weight is 356 g/mol. The molecule has 0 bridgehead atoms. The monoisotopic (exact) mass is 356 g/mol. The molecule has 4 heteroatoms. The van der Waals surface area contributed by atoms with E-state index in [0.29, 0.717) is 12.1 Å². The Hall–Kier alpha value is -3.40. The molecule has 0 aliphatic heterocycles. The minimum Gasteiger partial charge on any atom is -0.505 e. The molecule has 0 amide bonds. The normalized spacial score (nSPS) is 12.0. The largest absolute Gasteiger partial charge is 0.505 e. The lowest BCUT2D eigenvalue weighted by Gasteiger charge is -2.22. The molecule has 2 heterocycles. The zero-order chi connectivity index (χ0) is 18.6. The summed E-state index contributed by atoms with van der Waals surface area (Å²) in [7, 11) is 0. The molecule has 27 heavy (non-hydrogen) atoms. The van der Waals surface area contributed by atoms with E-state index in [0.717, 1.165) is 28.0 Å². The molecule has 2 aromatic heterocycles. The van der Waals surface area contributed by atoms with Gasteiger partial charge in [-0.1, -0.05) is 42.5 Å². The number of nitrogens with zero attached hydrogens (tertiary/aromatic N) is 2. The van der Waals surface area contributed by atoms with Gasteiger partial charge in [0.25, 0.3) is 0 Å². The Morgan fingerprint density at radius 2 is 1.67 bits per heavy atom. The summed E-state index contributed by atoms with van der Waals surface area (Å²) >= 11 is 0. The van der Waals surface area contributed by atoms with Crippen molar-refractivity contribution in [3.05, 3.63) is 95.9 Å². The number of benzene rings is 2. The van der Waals surface area contributed by atoms with Gasteiger partial charge < -0.3 is 9.84 Å². The van der Waals surface area contributed by atoms with Gasteiger partial charge in [-0.2, -0.15) is 0 Å². The fraction of sp³-hybridized carbons (Fsp3) is 0.130. The number of phenols is 1. The lowest BCUT2D eigenvalue weighted by atomic mass is 9.86. The lowest BCUT2D eigenvalue weighted by Crippen LogP contribution is -2.08. The van der Waals surface area contributed by atoms with Crippen LogP contribution in [0.4, 0.5) is 0 Å². The van der Waals surface area contributed by atoms with Crippen LogP contribution in [0, 0.1) is 0 Å². The van der Waals surface area contributed by atoms with Gasteiger partial charge in [-0.25, -0.2) is 0 Å². The highest BCUT2D eigenvalue weighted by molar-refractivity contribution is 5.86. The molecule has 0 aliphatic rings. The van der Waals surface area contributed by atoms with Gasteiger partial charge in [0.15, 0.2) is 0 Å². The molecule has 1 N–H and O–H groups in total. The molecule has 0 aliphatic carbocycles. The van der Waals surface area contributed by atoms with E-state index in [9.17, 15) is 5.11 Å². The van der Waals surface area contributed by atoms with Crippen LogP contribution in [-0.2, 0) is 0 Å². The molecule has 0 saturated carbocycles. The van der Waals surface area contributed by atoms with Crippen molar-refractivity contribution in [2.75, 3.05) is 6.61 Å². The average Bonchev–Trinajstić information content (AvgIpc) is 2.72. The van der Waals surface area contributed by atoms with Crippen LogP contribution in [0.2, 0.25) is 0 Å². The summed E-state index contributed by atoms with van der Waals surface area (Å²) in [5, 5.41) is 11.9. The van der Waals surface area contributed by atoms with Crippen LogP contribution in [0.3, 0.4) is 0 Å². The van der Waals surface area contributed by atoms with Crippen LogP contribution in [-0.4, -0.2) is 21.7 Å². The van der Waals surface area contributed by atoms with E-state index in [1.165, 1.54) is 0 Å². The second kappa shape index (κ2) is 7.46. The molecule has 4 rings (SSSR count). The Labute approximate surface area is 158 Å². The molecule has 0 saturated heterocycles. The standard InChI is InChI=1S/C23H20N2O2/c1-2-27-20-11-4-3-9-17(20)21(19-10-5-6-14-24-19)18-13-12-16-8-7-15-25-22(16)23(18)26/h3-15,21,26H,2H2,1H3. The Morgan fingerprint density at radius 3 is 2.48 bits per heavy atom. The second-order valence-corrected chi connectivity index (χ2v) is 6.24. The summed E-state index contributed by atoms with van der Waals surface area (Å²) < 4.78 is 5.86. The van der Waals surface area contributed by atoms with Gasteiger partial charge >= 0.3 is 0 Å². The van der Waals surface area contributed by atoms with Crippen molar-refractivity contribution in [3.63, 3.8) is 0 Å². The lowest BCUT2D eigenvalue weighted by molar-refractivity contribution is 0.336. The maximum absolute atomic E-state index is 11.0. The first kappa shape index (κ1) is 17.0. The minimum atomic E-state index is -0.264. The highest BCUT2D eigenvalue weighted by atomic mass is 16.5. The first-order chi connectivity index (χ1) is 13.3. The number of aromatic nitrogens is 2. The van der Waals surface area contributed by atoms with E-state index in [2.05, 4.69) is 9.97 Å². The van der Waals surface area contributed by atoms with Crippen LogP contribution < -0.4 is 4.74 Å². The van der Waals surface area contributed by atoms with Crippen molar-refractivity contribution in [1.82, 2.24) is 9.97 Å². The highest BCUT2D eigenvalue weighted by Gasteiger charge is 2.25. The number of fused-ring (bicyclic) bond motifs is 1. The van der Waals surface area contributed by atoms with Crippen molar-refractivity contribution in [3.8, 4) is 11.5 Å². The van der Waals surface area contributed by atoms with E-state index in [1.54, 1.807) is 12.4 Å². The molecular formula is C23H20N2O2. The van der Waals surface area contributed by atoms with Gasteiger partial charge in [0, 0.05) is 28.9 Å². The summed E-state index contributed by atoms with van der Waals surface area (Å²) in [6.07, 6.45) is 3.46. The summed E-state index contributed by atoms with van der Waals surface area (Å²) in [4.78, 5) is 8.94. The van der Waals surface area contributed by atoms with Crippen molar-refractivity contribution in [2.45, 2.75) is 12.8 Å². The van der Waals surface area contributed by atoms with Crippen molar-refractivity contribution >= 4 is 10.9 Å². The summed E-state index contributed by atoms with van der Waals surface area (Å²) in [6, 6.07) is 21.4. The number of hydrogen-bond acceptors (Lipinski definition) is 4.